The molecule has 2 aromatic carbocycles. The Bertz CT molecular complexity index is 1350. The number of benzene rings is 2. The van der Waals surface area contributed by atoms with Crippen LogP contribution < -0.4 is 9.64 Å². The van der Waals surface area contributed by atoms with E-state index in [1.54, 1.807) is 60.7 Å². The number of carbonyl (C=O) groups is 1. The van der Waals surface area contributed by atoms with Gasteiger partial charge in [-0.1, -0.05) is 35.6 Å². The number of amides is 1. The molecule has 4 aromatic rings. The van der Waals surface area contributed by atoms with Crippen LogP contribution in [0.25, 0.3) is 10.2 Å². The summed E-state index contributed by atoms with van der Waals surface area (Å²) in [5.74, 6) is 0.926. The van der Waals surface area contributed by atoms with E-state index in [0.717, 1.165) is 10.3 Å². The molecule has 0 spiro atoms. The van der Waals surface area contributed by atoms with Gasteiger partial charge in [-0.05, 0) is 49.2 Å². The van der Waals surface area contributed by atoms with Crippen LogP contribution in [-0.4, -0.2) is 32.2 Å². The molecule has 0 aliphatic rings. The zero-order chi connectivity index (χ0) is 23.4. The predicted molar refractivity (Wildman–Crippen MR) is 129 cm³/mol. The van der Waals surface area contributed by atoms with Gasteiger partial charge in [-0.15, -0.1) is 0 Å². The first kappa shape index (κ1) is 23.0. The lowest BCUT2D eigenvalue weighted by atomic mass is 10.2. The number of carbonyl (C=O) groups excluding carboxylic acids is 1. The van der Waals surface area contributed by atoms with Crippen molar-refractivity contribution < 1.29 is 22.4 Å². The third-order valence-electron chi connectivity index (χ3n) is 5.24. The van der Waals surface area contributed by atoms with Crippen molar-refractivity contribution in [2.45, 2.75) is 31.2 Å². The van der Waals surface area contributed by atoms with E-state index in [9.17, 15) is 13.2 Å². The number of hydrogen-bond acceptors (Lipinski definition) is 7. The Hall–Kier alpha value is -3.17. The number of hydrogen-bond donors (Lipinski definition) is 0. The summed E-state index contributed by atoms with van der Waals surface area (Å²) in [5, 5.41) is 0.518. The normalized spacial score (nSPS) is 11.6. The smallest absolute Gasteiger partial charge is 0.229 e. The zero-order valence-corrected chi connectivity index (χ0v) is 20.0. The molecule has 0 saturated heterocycles. The summed E-state index contributed by atoms with van der Waals surface area (Å²) in [5.41, 5.74) is 1.73. The predicted octanol–water partition coefficient (Wildman–Crippen LogP) is 4.99. The van der Waals surface area contributed by atoms with Gasteiger partial charge in [-0.3, -0.25) is 9.69 Å². The molecule has 9 heteroatoms. The first-order valence-electron chi connectivity index (χ1n) is 10.4. The van der Waals surface area contributed by atoms with Gasteiger partial charge in [0.05, 0.1) is 35.3 Å². The van der Waals surface area contributed by atoms with Crippen LogP contribution in [0.15, 0.2) is 70.2 Å². The van der Waals surface area contributed by atoms with Crippen molar-refractivity contribution in [1.82, 2.24) is 4.98 Å². The Kier molecular flexibility index (Phi) is 6.80. The number of methoxy groups -OCH3 is 1. The zero-order valence-electron chi connectivity index (χ0n) is 18.4. The molecule has 2 aromatic heterocycles. The fourth-order valence-electron chi connectivity index (χ4n) is 3.49. The van der Waals surface area contributed by atoms with Crippen molar-refractivity contribution in [2.24, 2.45) is 0 Å². The van der Waals surface area contributed by atoms with E-state index in [1.165, 1.54) is 11.3 Å². The highest BCUT2D eigenvalue weighted by Gasteiger charge is 2.24. The van der Waals surface area contributed by atoms with Crippen molar-refractivity contribution in [2.75, 3.05) is 17.8 Å². The number of nitrogens with zero attached hydrogens (tertiary/aromatic N) is 2. The van der Waals surface area contributed by atoms with E-state index in [1.807, 2.05) is 19.1 Å². The molecule has 4 rings (SSSR count). The topological polar surface area (TPSA) is 89.7 Å². The largest absolute Gasteiger partial charge is 0.494 e. The lowest BCUT2D eigenvalue weighted by Gasteiger charge is -2.18. The van der Waals surface area contributed by atoms with Gasteiger partial charge < -0.3 is 9.15 Å². The van der Waals surface area contributed by atoms with E-state index in [2.05, 4.69) is 4.98 Å². The van der Waals surface area contributed by atoms with E-state index in [0.29, 0.717) is 22.2 Å². The number of sulfone groups is 1. The second-order valence-electron chi connectivity index (χ2n) is 7.55. The molecule has 172 valence electrons. The highest BCUT2D eigenvalue weighted by molar-refractivity contribution is 7.91. The van der Waals surface area contributed by atoms with Crippen LogP contribution in [0.3, 0.4) is 0 Å². The van der Waals surface area contributed by atoms with Gasteiger partial charge in [0.25, 0.3) is 0 Å². The van der Waals surface area contributed by atoms with Crippen molar-refractivity contribution in [3.8, 4) is 5.75 Å². The Labute approximate surface area is 196 Å². The molecule has 0 aliphatic heterocycles. The third kappa shape index (κ3) is 5.09. The number of ether oxygens (including phenoxy) is 1. The minimum absolute atomic E-state index is 0.0683. The first-order chi connectivity index (χ1) is 15.9. The maximum absolute atomic E-state index is 13.2. The Morgan fingerprint density at radius 2 is 1.91 bits per heavy atom. The molecule has 0 saturated carbocycles. The summed E-state index contributed by atoms with van der Waals surface area (Å²) in [6, 6.07) is 15.6. The van der Waals surface area contributed by atoms with Crippen LogP contribution in [0.4, 0.5) is 5.13 Å². The summed E-state index contributed by atoms with van der Waals surface area (Å²) in [6.07, 6.45) is 1.83. The molecule has 0 atom stereocenters. The molecule has 33 heavy (non-hydrogen) atoms. The van der Waals surface area contributed by atoms with E-state index in [-0.39, 0.29) is 35.9 Å². The average Bonchev–Trinajstić information content (AvgIpc) is 3.49. The van der Waals surface area contributed by atoms with Gasteiger partial charge in [-0.25, -0.2) is 13.4 Å². The van der Waals surface area contributed by atoms with E-state index >= 15 is 0 Å². The molecule has 0 fully saturated rings. The lowest BCUT2D eigenvalue weighted by molar-refractivity contribution is -0.118. The molecule has 0 unspecified atom stereocenters. The second-order valence-corrected chi connectivity index (χ2v) is 10.6. The monoisotopic (exact) mass is 484 g/mol. The number of thiazole rings is 1. The minimum Gasteiger partial charge on any atom is -0.494 e. The van der Waals surface area contributed by atoms with Crippen LogP contribution in [0.5, 0.6) is 5.75 Å². The number of furan rings is 1. The van der Waals surface area contributed by atoms with E-state index in [4.69, 9.17) is 9.15 Å². The number of anilines is 1. The lowest BCUT2D eigenvalue weighted by Crippen LogP contribution is -2.30. The number of rotatable bonds is 9. The molecule has 1 amide bonds. The summed E-state index contributed by atoms with van der Waals surface area (Å²) >= 11 is 1.40. The van der Waals surface area contributed by atoms with Crippen LogP contribution in [0, 0.1) is 6.92 Å². The standard InChI is InChI=1S/C24H24N2O5S2/c1-17-12-13-20(30-2)22-23(17)32-24(25-22)26(16-18-8-6-14-31-18)21(27)11-7-15-33(28,29)19-9-4-3-5-10-19/h3-6,8-10,12-14H,7,11,15-16H2,1-2H3. The second kappa shape index (κ2) is 9.76. The van der Waals surface area contributed by atoms with Crippen LogP contribution in [0.2, 0.25) is 0 Å². The molecular formula is C24H24N2O5S2. The number of aryl methyl sites for hydroxylation is 1. The Morgan fingerprint density at radius 1 is 1.12 bits per heavy atom. The van der Waals surface area contributed by atoms with Crippen molar-refractivity contribution in [3.63, 3.8) is 0 Å². The molecule has 0 N–H and O–H groups in total. The van der Waals surface area contributed by atoms with Crippen LogP contribution >= 0.6 is 11.3 Å². The maximum Gasteiger partial charge on any atom is 0.229 e. The molecule has 2 heterocycles. The molecule has 0 radical (unpaired) electrons. The summed E-state index contributed by atoms with van der Waals surface area (Å²) < 4.78 is 37.0. The summed E-state index contributed by atoms with van der Waals surface area (Å²) in [6.45, 7) is 2.19. The third-order valence-corrected chi connectivity index (χ3v) is 8.27. The molecule has 7 nitrogen and oxygen atoms in total. The van der Waals surface area contributed by atoms with Gasteiger partial charge in [-0.2, -0.15) is 0 Å². The summed E-state index contributed by atoms with van der Waals surface area (Å²) in [4.78, 5) is 19.7. The van der Waals surface area contributed by atoms with Gasteiger partial charge in [0.1, 0.15) is 17.0 Å². The van der Waals surface area contributed by atoms with Gasteiger partial charge >= 0.3 is 0 Å². The van der Waals surface area contributed by atoms with Crippen LogP contribution in [0.1, 0.15) is 24.2 Å². The average molecular weight is 485 g/mol. The number of aromatic nitrogens is 1. The highest BCUT2D eigenvalue weighted by Crippen LogP contribution is 2.37. The first-order valence-corrected chi connectivity index (χ1v) is 12.9. The Balaban J connectivity index is 1.57. The molecule has 0 aliphatic carbocycles. The van der Waals surface area contributed by atoms with Crippen molar-refractivity contribution in [3.05, 3.63) is 72.2 Å². The highest BCUT2D eigenvalue weighted by atomic mass is 32.2. The van der Waals surface area contributed by atoms with Gasteiger partial charge in [0, 0.05) is 6.42 Å². The van der Waals surface area contributed by atoms with Crippen LogP contribution in [-0.2, 0) is 21.2 Å². The molecular weight excluding hydrogens is 460 g/mol. The van der Waals surface area contributed by atoms with Gasteiger partial charge in [0.15, 0.2) is 15.0 Å². The van der Waals surface area contributed by atoms with Gasteiger partial charge in [0.2, 0.25) is 5.91 Å². The minimum atomic E-state index is -3.45. The van der Waals surface area contributed by atoms with E-state index < -0.39 is 9.84 Å². The maximum atomic E-state index is 13.2. The fourth-order valence-corrected chi connectivity index (χ4v) is 5.89. The fraction of sp³-hybridized carbons (Fsp3) is 0.250. The number of fused-ring (bicyclic) bond motifs is 1. The Morgan fingerprint density at radius 3 is 2.61 bits per heavy atom. The molecule has 0 bridgehead atoms. The SMILES string of the molecule is COc1ccc(C)c2sc(N(Cc3ccco3)C(=O)CCCS(=O)(=O)c3ccccc3)nc12. The quantitative estimate of drug-likeness (QED) is 0.332. The van der Waals surface area contributed by atoms with Crippen molar-refractivity contribution >= 4 is 42.4 Å². The summed E-state index contributed by atoms with van der Waals surface area (Å²) in [7, 11) is -1.86. The van der Waals surface area contributed by atoms with Crippen molar-refractivity contribution in [1.29, 1.82) is 0 Å².